The maximum Gasteiger partial charge on any atom is 0.220 e. The number of hydrogen-bond donors (Lipinski definition) is 3. The van der Waals surface area contributed by atoms with Gasteiger partial charge in [0, 0.05) is 29.1 Å². The SMILES string of the molecule is C/C=C\C(=NC(=CCCC)c1cccc(CCC(=O)NC2CC2)c1)Nc1ccc2[nH]ncc2c1. The third kappa shape index (κ3) is 6.67. The van der Waals surface area contributed by atoms with Gasteiger partial charge in [-0.1, -0.05) is 43.7 Å². The summed E-state index contributed by atoms with van der Waals surface area (Å²) in [7, 11) is 0. The number of allylic oxidation sites excluding steroid dienone is 2. The van der Waals surface area contributed by atoms with Crippen molar-refractivity contribution in [2.75, 3.05) is 5.32 Å². The van der Waals surface area contributed by atoms with Crippen LogP contribution < -0.4 is 10.6 Å². The Morgan fingerprint density at radius 1 is 1.24 bits per heavy atom. The highest BCUT2D eigenvalue weighted by Crippen LogP contribution is 2.22. The number of carbonyl (C=O) groups excluding carboxylic acids is 1. The highest BCUT2D eigenvalue weighted by molar-refractivity contribution is 6.07. The maximum atomic E-state index is 12.1. The van der Waals surface area contributed by atoms with Crippen molar-refractivity contribution in [3.8, 4) is 0 Å². The quantitative estimate of drug-likeness (QED) is 0.259. The zero-order valence-electron chi connectivity index (χ0n) is 20.0. The molecule has 0 radical (unpaired) electrons. The molecular formula is C28H33N5O. The van der Waals surface area contributed by atoms with Crippen LogP contribution in [-0.4, -0.2) is 28.0 Å². The number of nitrogens with one attached hydrogen (secondary N) is 3. The molecule has 0 bridgehead atoms. The zero-order chi connectivity index (χ0) is 23.8. The number of unbranched alkanes of at least 4 members (excludes halogenated alkanes) is 1. The third-order valence-corrected chi connectivity index (χ3v) is 5.71. The Hall–Kier alpha value is -3.67. The van der Waals surface area contributed by atoms with E-state index in [1.807, 2.05) is 43.5 Å². The molecule has 0 unspecified atom stereocenters. The zero-order valence-corrected chi connectivity index (χ0v) is 20.0. The summed E-state index contributed by atoms with van der Waals surface area (Å²) in [5.41, 5.74) is 5.09. The van der Waals surface area contributed by atoms with Gasteiger partial charge in [0.25, 0.3) is 0 Å². The van der Waals surface area contributed by atoms with Gasteiger partial charge in [-0.05, 0) is 68.5 Å². The number of aliphatic imine (C=N–C) groups is 1. The van der Waals surface area contributed by atoms with Crippen molar-refractivity contribution in [3.05, 3.63) is 78.0 Å². The first-order valence-corrected chi connectivity index (χ1v) is 12.1. The van der Waals surface area contributed by atoms with Crippen molar-refractivity contribution in [2.24, 2.45) is 4.99 Å². The van der Waals surface area contributed by atoms with Gasteiger partial charge in [0.1, 0.15) is 5.84 Å². The first-order chi connectivity index (χ1) is 16.6. The Labute approximate surface area is 201 Å². The molecule has 6 nitrogen and oxygen atoms in total. The lowest BCUT2D eigenvalue weighted by Crippen LogP contribution is -2.25. The van der Waals surface area contributed by atoms with Crippen molar-refractivity contribution < 1.29 is 4.79 Å². The lowest BCUT2D eigenvalue weighted by Gasteiger charge is -2.11. The summed E-state index contributed by atoms with van der Waals surface area (Å²) in [5, 5.41) is 14.6. The van der Waals surface area contributed by atoms with Crippen molar-refractivity contribution >= 4 is 34.0 Å². The molecule has 2 aromatic carbocycles. The van der Waals surface area contributed by atoms with Crippen LogP contribution in [-0.2, 0) is 11.2 Å². The largest absolute Gasteiger partial charge is 0.353 e. The summed E-state index contributed by atoms with van der Waals surface area (Å²) >= 11 is 0. The van der Waals surface area contributed by atoms with E-state index in [4.69, 9.17) is 4.99 Å². The third-order valence-electron chi connectivity index (χ3n) is 5.71. The van der Waals surface area contributed by atoms with Crippen molar-refractivity contribution in [2.45, 2.75) is 58.4 Å². The lowest BCUT2D eigenvalue weighted by molar-refractivity contribution is -0.121. The minimum Gasteiger partial charge on any atom is -0.353 e. The molecule has 1 aromatic heterocycles. The smallest absolute Gasteiger partial charge is 0.220 e. The highest BCUT2D eigenvalue weighted by Gasteiger charge is 2.22. The van der Waals surface area contributed by atoms with E-state index >= 15 is 0 Å². The van der Waals surface area contributed by atoms with Crippen molar-refractivity contribution in [1.29, 1.82) is 0 Å². The summed E-state index contributed by atoms with van der Waals surface area (Å²) in [6, 6.07) is 14.9. The summed E-state index contributed by atoms with van der Waals surface area (Å²) in [6.45, 7) is 4.15. The number of amides is 1. The van der Waals surface area contributed by atoms with Gasteiger partial charge in [0.15, 0.2) is 0 Å². The van der Waals surface area contributed by atoms with Gasteiger partial charge in [-0.15, -0.1) is 0 Å². The molecule has 0 aliphatic heterocycles. The normalized spacial score (nSPS) is 14.6. The number of amidine groups is 1. The highest BCUT2D eigenvalue weighted by atomic mass is 16.1. The molecule has 0 saturated heterocycles. The molecule has 3 aromatic rings. The van der Waals surface area contributed by atoms with E-state index in [0.29, 0.717) is 12.5 Å². The molecule has 1 saturated carbocycles. The van der Waals surface area contributed by atoms with Crippen LogP contribution in [0.2, 0.25) is 0 Å². The van der Waals surface area contributed by atoms with E-state index < -0.39 is 0 Å². The number of H-pyrrole nitrogens is 1. The first kappa shape index (κ1) is 23.5. The molecule has 176 valence electrons. The van der Waals surface area contributed by atoms with Gasteiger partial charge in [0.05, 0.1) is 17.4 Å². The predicted octanol–water partition coefficient (Wildman–Crippen LogP) is 6.00. The molecular weight excluding hydrogens is 422 g/mol. The van der Waals surface area contributed by atoms with E-state index in [2.05, 4.69) is 58.1 Å². The van der Waals surface area contributed by atoms with Crippen LogP contribution in [0, 0.1) is 0 Å². The number of fused-ring (bicyclic) bond motifs is 1. The topological polar surface area (TPSA) is 82.2 Å². The number of hydrogen-bond acceptors (Lipinski definition) is 3. The summed E-state index contributed by atoms with van der Waals surface area (Å²) < 4.78 is 0. The van der Waals surface area contributed by atoms with Gasteiger partial charge in [-0.2, -0.15) is 5.10 Å². The molecule has 1 aliphatic carbocycles. The van der Waals surface area contributed by atoms with Crippen LogP contribution >= 0.6 is 0 Å². The van der Waals surface area contributed by atoms with Crippen LogP contribution in [0.1, 0.15) is 57.1 Å². The molecule has 0 spiro atoms. The Balaban J connectivity index is 1.54. The van der Waals surface area contributed by atoms with Crippen molar-refractivity contribution in [1.82, 2.24) is 15.5 Å². The number of rotatable bonds is 10. The molecule has 1 fully saturated rings. The number of aromatic amines is 1. The second-order valence-corrected chi connectivity index (χ2v) is 8.71. The minimum atomic E-state index is 0.141. The monoisotopic (exact) mass is 455 g/mol. The molecule has 1 amide bonds. The van der Waals surface area contributed by atoms with E-state index in [0.717, 1.165) is 71.4 Å². The number of nitrogens with zero attached hydrogens (tertiary/aromatic N) is 2. The molecule has 0 atom stereocenters. The standard InChI is InChI=1S/C28H33N5O/c1-3-5-10-25(21-9-6-8-20(17-21)11-16-28(34)31-23-12-13-23)32-27(7-4-2)30-24-14-15-26-22(18-24)19-29-33-26/h4,6-10,14-15,17-19,23H,3,5,11-13,16H2,1-2H3,(H,29,33)(H,30,32)(H,31,34)/b7-4-,25-10?. The number of carbonyl (C=O) groups is 1. The molecule has 1 heterocycles. The number of aryl methyl sites for hydroxylation is 1. The van der Waals surface area contributed by atoms with Gasteiger partial charge < -0.3 is 10.6 Å². The Bertz CT molecular complexity index is 1220. The summed E-state index contributed by atoms with van der Waals surface area (Å²) in [5.74, 6) is 0.906. The minimum absolute atomic E-state index is 0.141. The first-order valence-electron chi connectivity index (χ1n) is 12.1. The van der Waals surface area contributed by atoms with Crippen LogP contribution in [0.25, 0.3) is 16.6 Å². The molecule has 3 N–H and O–H groups in total. The molecule has 6 heteroatoms. The fourth-order valence-electron chi connectivity index (χ4n) is 3.74. The number of aromatic nitrogens is 2. The van der Waals surface area contributed by atoms with Crippen LogP contribution in [0.3, 0.4) is 0 Å². The average Bonchev–Trinajstić information content (AvgIpc) is 3.53. The Morgan fingerprint density at radius 2 is 2.12 bits per heavy atom. The van der Waals surface area contributed by atoms with Crippen LogP contribution in [0.5, 0.6) is 0 Å². The van der Waals surface area contributed by atoms with Gasteiger partial charge in [-0.3, -0.25) is 9.89 Å². The average molecular weight is 456 g/mol. The van der Waals surface area contributed by atoms with E-state index in [9.17, 15) is 4.79 Å². The van der Waals surface area contributed by atoms with Gasteiger partial charge in [-0.25, -0.2) is 4.99 Å². The molecule has 34 heavy (non-hydrogen) atoms. The van der Waals surface area contributed by atoms with E-state index in [-0.39, 0.29) is 5.91 Å². The fourth-order valence-corrected chi connectivity index (χ4v) is 3.74. The van der Waals surface area contributed by atoms with Gasteiger partial charge in [0.2, 0.25) is 5.91 Å². The molecule has 1 aliphatic rings. The summed E-state index contributed by atoms with van der Waals surface area (Å²) in [6.07, 6.45) is 13.4. The van der Waals surface area contributed by atoms with Crippen LogP contribution in [0.4, 0.5) is 5.69 Å². The maximum absolute atomic E-state index is 12.1. The Morgan fingerprint density at radius 3 is 2.91 bits per heavy atom. The predicted molar refractivity (Wildman–Crippen MR) is 141 cm³/mol. The van der Waals surface area contributed by atoms with E-state index in [1.54, 1.807) is 0 Å². The van der Waals surface area contributed by atoms with E-state index in [1.165, 1.54) is 0 Å². The fraction of sp³-hybridized carbons (Fsp3) is 0.321. The second-order valence-electron chi connectivity index (χ2n) is 8.71. The van der Waals surface area contributed by atoms with Crippen molar-refractivity contribution in [3.63, 3.8) is 0 Å². The number of benzene rings is 2. The Kier molecular flexibility index (Phi) is 7.91. The summed E-state index contributed by atoms with van der Waals surface area (Å²) in [4.78, 5) is 17.1. The number of anilines is 1. The second kappa shape index (κ2) is 11.5. The van der Waals surface area contributed by atoms with Crippen LogP contribution in [0.15, 0.2) is 71.9 Å². The lowest BCUT2D eigenvalue weighted by atomic mass is 10.0. The molecule has 4 rings (SSSR count). The van der Waals surface area contributed by atoms with Gasteiger partial charge >= 0.3 is 0 Å².